The van der Waals surface area contributed by atoms with E-state index in [1.165, 1.54) is 12.1 Å². The molecule has 96 valence electrons. The minimum absolute atomic E-state index is 0.0498. The number of benzene rings is 1. The van der Waals surface area contributed by atoms with Crippen molar-refractivity contribution in [2.24, 2.45) is 0 Å². The molecule has 1 heterocycles. The number of nitrogen functional groups attached to an aromatic ring is 1. The highest BCUT2D eigenvalue weighted by molar-refractivity contribution is 7.09. The van der Waals surface area contributed by atoms with Crippen molar-refractivity contribution in [3.05, 3.63) is 39.6 Å². The van der Waals surface area contributed by atoms with Crippen molar-refractivity contribution in [2.75, 3.05) is 11.1 Å². The summed E-state index contributed by atoms with van der Waals surface area (Å²) in [5, 5.41) is 6.18. The van der Waals surface area contributed by atoms with E-state index in [0.29, 0.717) is 11.4 Å². The molecule has 0 radical (unpaired) electrons. The molecule has 3 nitrogen and oxygen atoms in total. The number of thiazole rings is 1. The van der Waals surface area contributed by atoms with Gasteiger partial charge in [-0.05, 0) is 12.5 Å². The maximum Gasteiger partial charge on any atom is 0.143 e. The van der Waals surface area contributed by atoms with Gasteiger partial charge >= 0.3 is 0 Å². The van der Waals surface area contributed by atoms with Crippen LogP contribution in [0.25, 0.3) is 0 Å². The van der Waals surface area contributed by atoms with Gasteiger partial charge in [-0.1, -0.05) is 18.5 Å². The Morgan fingerprint density at radius 3 is 2.94 bits per heavy atom. The first-order chi connectivity index (χ1) is 8.61. The van der Waals surface area contributed by atoms with E-state index < -0.39 is 5.82 Å². The lowest BCUT2D eigenvalue weighted by Gasteiger charge is -2.17. The Balaban J connectivity index is 2.25. The van der Waals surface area contributed by atoms with Crippen molar-refractivity contribution in [3.63, 3.8) is 0 Å². The van der Waals surface area contributed by atoms with E-state index in [1.54, 1.807) is 17.5 Å². The Bertz CT molecular complexity index is 530. The van der Waals surface area contributed by atoms with Gasteiger partial charge in [-0.15, -0.1) is 11.3 Å². The zero-order valence-electron chi connectivity index (χ0n) is 9.78. The monoisotopic (exact) mass is 285 g/mol. The summed E-state index contributed by atoms with van der Waals surface area (Å²) in [7, 11) is 0. The third-order valence-corrected chi connectivity index (χ3v) is 3.76. The molecule has 0 saturated carbocycles. The number of hydrogen-bond donors (Lipinski definition) is 2. The molecule has 0 aliphatic carbocycles. The Hall–Kier alpha value is -1.33. The number of aromatic nitrogens is 1. The normalized spacial score (nSPS) is 12.4. The smallest absolute Gasteiger partial charge is 0.143 e. The summed E-state index contributed by atoms with van der Waals surface area (Å²) in [6.45, 7) is 2.04. The molecule has 1 unspecified atom stereocenters. The number of rotatable bonds is 4. The first kappa shape index (κ1) is 13.1. The highest BCUT2D eigenvalue weighted by atomic mass is 35.5. The molecule has 0 aliphatic rings. The predicted molar refractivity (Wildman–Crippen MR) is 74.6 cm³/mol. The van der Waals surface area contributed by atoms with E-state index >= 15 is 0 Å². The van der Waals surface area contributed by atoms with Crippen LogP contribution in [0.15, 0.2) is 23.7 Å². The molecule has 0 amide bonds. The SMILES string of the molecule is CCC(Nc1cc(Cl)c(F)cc1N)c1nccs1. The van der Waals surface area contributed by atoms with Crippen molar-refractivity contribution in [1.29, 1.82) is 0 Å². The summed E-state index contributed by atoms with van der Waals surface area (Å²) in [5.74, 6) is -0.512. The van der Waals surface area contributed by atoms with Gasteiger partial charge in [-0.25, -0.2) is 9.37 Å². The lowest BCUT2D eigenvalue weighted by molar-refractivity contribution is 0.629. The number of nitrogens with one attached hydrogen (secondary N) is 1. The Kier molecular flexibility index (Phi) is 4.04. The highest BCUT2D eigenvalue weighted by Gasteiger charge is 2.14. The first-order valence-electron chi connectivity index (χ1n) is 5.52. The molecular weight excluding hydrogens is 273 g/mol. The van der Waals surface area contributed by atoms with Gasteiger partial charge in [-0.3, -0.25) is 0 Å². The Morgan fingerprint density at radius 2 is 2.33 bits per heavy atom. The molecule has 1 aromatic carbocycles. The summed E-state index contributed by atoms with van der Waals surface area (Å²) in [6, 6.07) is 2.77. The van der Waals surface area contributed by atoms with Crippen LogP contribution in [0.5, 0.6) is 0 Å². The Morgan fingerprint density at radius 1 is 1.56 bits per heavy atom. The van der Waals surface area contributed by atoms with E-state index in [0.717, 1.165) is 11.4 Å². The molecule has 0 spiro atoms. The molecule has 0 aliphatic heterocycles. The van der Waals surface area contributed by atoms with Gasteiger partial charge in [0.25, 0.3) is 0 Å². The number of anilines is 2. The standard InChI is InChI=1S/C12H13ClFN3S/c1-2-10(12-16-3-4-18-12)17-11-5-7(13)8(14)6-9(11)15/h3-6,10,17H,2,15H2,1H3. The van der Waals surface area contributed by atoms with Gasteiger partial charge in [-0.2, -0.15) is 0 Å². The molecule has 2 rings (SSSR count). The first-order valence-corrected chi connectivity index (χ1v) is 6.78. The quantitative estimate of drug-likeness (QED) is 0.832. The molecule has 1 atom stereocenters. The van der Waals surface area contributed by atoms with E-state index in [-0.39, 0.29) is 11.1 Å². The fourth-order valence-electron chi connectivity index (χ4n) is 1.62. The minimum atomic E-state index is -0.512. The summed E-state index contributed by atoms with van der Waals surface area (Å²) in [4.78, 5) is 4.26. The summed E-state index contributed by atoms with van der Waals surface area (Å²) >= 11 is 7.32. The second-order valence-electron chi connectivity index (χ2n) is 3.83. The molecule has 18 heavy (non-hydrogen) atoms. The van der Waals surface area contributed by atoms with Gasteiger partial charge in [0.05, 0.1) is 22.4 Å². The lowest BCUT2D eigenvalue weighted by Crippen LogP contribution is -2.11. The fourth-order valence-corrected chi connectivity index (χ4v) is 2.56. The summed E-state index contributed by atoms with van der Waals surface area (Å²) in [6.07, 6.45) is 2.60. The van der Waals surface area contributed by atoms with Crippen LogP contribution in [-0.2, 0) is 0 Å². The van der Waals surface area contributed by atoms with E-state index in [4.69, 9.17) is 17.3 Å². The van der Waals surface area contributed by atoms with Crippen molar-refractivity contribution in [3.8, 4) is 0 Å². The van der Waals surface area contributed by atoms with Crippen molar-refractivity contribution in [1.82, 2.24) is 4.98 Å². The molecule has 6 heteroatoms. The van der Waals surface area contributed by atoms with E-state index in [2.05, 4.69) is 10.3 Å². The van der Waals surface area contributed by atoms with E-state index in [9.17, 15) is 4.39 Å². The van der Waals surface area contributed by atoms with Gasteiger partial charge < -0.3 is 11.1 Å². The topological polar surface area (TPSA) is 50.9 Å². The fraction of sp³-hybridized carbons (Fsp3) is 0.250. The molecule has 0 saturated heterocycles. The van der Waals surface area contributed by atoms with Crippen LogP contribution in [0.3, 0.4) is 0 Å². The van der Waals surface area contributed by atoms with Crippen LogP contribution in [0.4, 0.5) is 15.8 Å². The number of nitrogens with two attached hydrogens (primary N) is 1. The largest absolute Gasteiger partial charge is 0.397 e. The van der Waals surface area contributed by atoms with Crippen molar-refractivity contribution in [2.45, 2.75) is 19.4 Å². The average molecular weight is 286 g/mol. The average Bonchev–Trinajstić information content (AvgIpc) is 2.85. The second kappa shape index (κ2) is 5.54. The van der Waals surface area contributed by atoms with Crippen molar-refractivity contribution < 1.29 is 4.39 Å². The number of halogens is 2. The predicted octanol–water partition coefficient (Wildman–Crippen LogP) is 4.08. The highest BCUT2D eigenvalue weighted by Crippen LogP contribution is 2.31. The van der Waals surface area contributed by atoms with Crippen LogP contribution in [-0.4, -0.2) is 4.98 Å². The van der Waals surface area contributed by atoms with Crippen LogP contribution < -0.4 is 11.1 Å². The summed E-state index contributed by atoms with van der Waals surface area (Å²) < 4.78 is 13.2. The maximum absolute atomic E-state index is 13.2. The molecular formula is C12H13ClFN3S. The third-order valence-electron chi connectivity index (χ3n) is 2.58. The van der Waals surface area contributed by atoms with Crippen LogP contribution in [0, 0.1) is 5.82 Å². The van der Waals surface area contributed by atoms with Gasteiger partial charge in [0.2, 0.25) is 0 Å². The molecule has 2 aromatic rings. The van der Waals surface area contributed by atoms with Gasteiger partial charge in [0.15, 0.2) is 0 Å². The zero-order chi connectivity index (χ0) is 13.1. The molecule has 3 N–H and O–H groups in total. The van der Waals surface area contributed by atoms with Crippen LogP contribution in [0.1, 0.15) is 24.4 Å². The molecule has 0 bridgehead atoms. The van der Waals surface area contributed by atoms with E-state index in [1.807, 2.05) is 12.3 Å². The van der Waals surface area contributed by atoms with Crippen molar-refractivity contribution >= 4 is 34.3 Å². The number of nitrogens with zero attached hydrogens (tertiary/aromatic N) is 1. The Labute approximate surface area is 114 Å². The maximum atomic E-state index is 13.2. The molecule has 0 fully saturated rings. The lowest BCUT2D eigenvalue weighted by atomic mass is 10.2. The van der Waals surface area contributed by atoms with Gasteiger partial charge in [0.1, 0.15) is 10.8 Å². The third kappa shape index (κ3) is 2.73. The van der Waals surface area contributed by atoms with Gasteiger partial charge in [0, 0.05) is 17.6 Å². The second-order valence-corrected chi connectivity index (χ2v) is 5.16. The number of hydrogen-bond acceptors (Lipinski definition) is 4. The minimum Gasteiger partial charge on any atom is -0.397 e. The molecule has 1 aromatic heterocycles. The van der Waals surface area contributed by atoms with Crippen LogP contribution >= 0.6 is 22.9 Å². The zero-order valence-corrected chi connectivity index (χ0v) is 11.4. The summed E-state index contributed by atoms with van der Waals surface area (Å²) in [5.41, 5.74) is 6.74. The van der Waals surface area contributed by atoms with Crippen LogP contribution in [0.2, 0.25) is 5.02 Å².